The monoisotopic (exact) mass is 448 g/mol. The Hall–Kier alpha value is -0.580. The van der Waals surface area contributed by atoms with Gasteiger partial charge in [-0.2, -0.15) is 0 Å². The first-order valence-electron chi connectivity index (χ1n) is 11.1. The van der Waals surface area contributed by atoms with Crippen molar-refractivity contribution in [3.63, 3.8) is 0 Å². The third-order valence-electron chi connectivity index (χ3n) is 4.88. The normalized spacial score (nSPS) is 13.3. The molecule has 0 saturated heterocycles. The van der Waals surface area contributed by atoms with Crippen molar-refractivity contribution in [1.82, 2.24) is 0 Å². The minimum atomic E-state index is -0.905. The lowest BCUT2D eigenvalue weighted by Crippen LogP contribution is -2.26. The van der Waals surface area contributed by atoms with Gasteiger partial charge < -0.3 is 9.84 Å². The van der Waals surface area contributed by atoms with Gasteiger partial charge in [0.15, 0.2) is 0 Å². The van der Waals surface area contributed by atoms with Crippen LogP contribution in [0, 0.1) is 0 Å². The molecule has 0 aliphatic carbocycles. The van der Waals surface area contributed by atoms with Gasteiger partial charge in [-0.15, -0.1) is 0 Å². The van der Waals surface area contributed by atoms with Gasteiger partial charge >= 0.3 is 11.9 Å². The maximum atomic E-state index is 12.2. The van der Waals surface area contributed by atoms with E-state index in [1.165, 1.54) is 51.4 Å². The zero-order valence-corrected chi connectivity index (χ0v) is 19.1. The summed E-state index contributed by atoms with van der Waals surface area (Å²) in [6, 6.07) is 0. The first kappa shape index (κ1) is 26.4. The summed E-state index contributed by atoms with van der Waals surface area (Å²) in [5.74, 6) is -1.22. The zero-order valence-electron chi connectivity index (χ0n) is 17.5. The fraction of sp³-hybridized carbons (Fsp3) is 0.909. The minimum Gasteiger partial charge on any atom is -0.481 e. The number of rotatable bonds is 19. The number of hydrogen-bond donors (Lipinski definition) is 1. The Bertz CT molecular complexity index is 373. The Balaban J connectivity index is 3.98. The summed E-state index contributed by atoms with van der Waals surface area (Å²) < 4.78 is 5.49. The van der Waals surface area contributed by atoms with Crippen LogP contribution in [-0.4, -0.2) is 28.0 Å². The van der Waals surface area contributed by atoms with Gasteiger partial charge in [-0.05, 0) is 19.3 Å². The van der Waals surface area contributed by atoms with Crippen molar-refractivity contribution >= 4 is 27.9 Å². The largest absolute Gasteiger partial charge is 0.481 e. The number of alkyl halides is 1. The van der Waals surface area contributed by atoms with Gasteiger partial charge in [0.1, 0.15) is 10.9 Å². The lowest BCUT2D eigenvalue weighted by Gasteiger charge is -2.18. The van der Waals surface area contributed by atoms with Crippen molar-refractivity contribution in [3.8, 4) is 0 Å². The molecular formula is C22H41BrO4. The van der Waals surface area contributed by atoms with Crippen LogP contribution >= 0.6 is 15.9 Å². The number of ether oxygens (including phenoxy) is 1. The number of carbonyl (C=O) groups is 2. The van der Waals surface area contributed by atoms with Crippen LogP contribution in [0.25, 0.3) is 0 Å². The Morgan fingerprint density at radius 1 is 0.778 bits per heavy atom. The van der Waals surface area contributed by atoms with Crippen LogP contribution in [0.1, 0.15) is 117 Å². The number of unbranched alkanes of at least 4 members (excludes halogenated alkanes) is 11. The molecule has 0 aliphatic heterocycles. The Morgan fingerprint density at radius 2 is 1.22 bits per heavy atom. The smallest absolute Gasteiger partial charge is 0.320 e. The number of esters is 1. The van der Waals surface area contributed by atoms with E-state index in [4.69, 9.17) is 9.84 Å². The standard InChI is InChI=1S/C22H41BrO4/c1-3-5-7-9-10-11-12-13-14-16-19(18-21(24)25)27-22(26)20(23)17-15-8-6-4-2/h19-20H,3-18H2,1-2H3,(H,24,25)/t19?,20-/m1/s1. The van der Waals surface area contributed by atoms with Gasteiger partial charge in [0.2, 0.25) is 0 Å². The molecule has 2 atom stereocenters. The predicted molar refractivity (Wildman–Crippen MR) is 115 cm³/mol. The number of aliphatic carboxylic acids is 1. The maximum Gasteiger partial charge on any atom is 0.320 e. The topological polar surface area (TPSA) is 63.6 Å². The molecule has 0 fully saturated rings. The zero-order chi connectivity index (χ0) is 20.3. The average Bonchev–Trinajstić information content (AvgIpc) is 2.63. The van der Waals surface area contributed by atoms with Crippen LogP contribution in [0.2, 0.25) is 0 Å². The summed E-state index contributed by atoms with van der Waals surface area (Å²) >= 11 is 3.40. The highest BCUT2D eigenvalue weighted by Crippen LogP contribution is 2.18. The molecule has 0 aliphatic rings. The van der Waals surface area contributed by atoms with E-state index in [0.717, 1.165) is 38.5 Å². The van der Waals surface area contributed by atoms with E-state index in [-0.39, 0.29) is 17.2 Å². The highest BCUT2D eigenvalue weighted by atomic mass is 79.9. The second-order valence-corrected chi connectivity index (χ2v) is 8.70. The molecule has 0 rings (SSSR count). The minimum absolute atomic E-state index is 0.0989. The Morgan fingerprint density at radius 3 is 1.74 bits per heavy atom. The molecule has 0 heterocycles. The van der Waals surface area contributed by atoms with Crippen molar-refractivity contribution in [2.45, 2.75) is 128 Å². The van der Waals surface area contributed by atoms with Crippen molar-refractivity contribution in [2.75, 3.05) is 0 Å². The van der Waals surface area contributed by atoms with Gasteiger partial charge in [-0.1, -0.05) is 107 Å². The van der Waals surface area contributed by atoms with Crippen LogP contribution in [0.15, 0.2) is 0 Å². The van der Waals surface area contributed by atoms with Crippen LogP contribution in [0.5, 0.6) is 0 Å². The number of hydrogen-bond acceptors (Lipinski definition) is 3. The SMILES string of the molecule is CCCCCCCCCCCC(CC(=O)O)OC(=O)[C@H](Br)CCCCCC. The lowest BCUT2D eigenvalue weighted by molar-refractivity contribution is -0.152. The molecule has 160 valence electrons. The third-order valence-corrected chi connectivity index (χ3v) is 5.71. The average molecular weight is 449 g/mol. The first-order chi connectivity index (χ1) is 13.0. The molecule has 0 bridgehead atoms. The van der Waals surface area contributed by atoms with E-state index in [2.05, 4.69) is 29.8 Å². The molecule has 0 radical (unpaired) electrons. The van der Waals surface area contributed by atoms with E-state index in [1.54, 1.807) is 0 Å². The molecule has 0 spiro atoms. The van der Waals surface area contributed by atoms with Gasteiger partial charge in [0.05, 0.1) is 6.42 Å². The summed E-state index contributed by atoms with van der Waals surface area (Å²) in [6.07, 6.45) is 16.2. The molecule has 1 N–H and O–H groups in total. The van der Waals surface area contributed by atoms with Gasteiger partial charge in [0.25, 0.3) is 0 Å². The van der Waals surface area contributed by atoms with Crippen LogP contribution < -0.4 is 0 Å². The molecular weight excluding hydrogens is 408 g/mol. The fourth-order valence-electron chi connectivity index (χ4n) is 3.19. The quantitative estimate of drug-likeness (QED) is 0.131. The van der Waals surface area contributed by atoms with Crippen molar-refractivity contribution in [3.05, 3.63) is 0 Å². The van der Waals surface area contributed by atoms with Gasteiger partial charge in [-0.25, -0.2) is 0 Å². The third kappa shape index (κ3) is 17.3. The molecule has 0 amide bonds. The van der Waals surface area contributed by atoms with Gasteiger partial charge in [-0.3, -0.25) is 9.59 Å². The summed E-state index contributed by atoms with van der Waals surface area (Å²) in [5.41, 5.74) is 0. The Kier molecular flexibility index (Phi) is 18.4. The molecule has 27 heavy (non-hydrogen) atoms. The molecule has 0 saturated carbocycles. The summed E-state index contributed by atoms with van der Waals surface area (Å²) in [6.45, 7) is 4.38. The first-order valence-corrected chi connectivity index (χ1v) is 12.0. The number of carboxylic acid groups (broad SMARTS) is 1. The van der Waals surface area contributed by atoms with E-state index < -0.39 is 12.1 Å². The highest BCUT2D eigenvalue weighted by Gasteiger charge is 2.22. The van der Waals surface area contributed by atoms with E-state index >= 15 is 0 Å². The van der Waals surface area contributed by atoms with Crippen LogP contribution in [-0.2, 0) is 14.3 Å². The summed E-state index contributed by atoms with van der Waals surface area (Å²) in [5, 5.41) is 9.08. The molecule has 0 aromatic rings. The fourth-order valence-corrected chi connectivity index (χ4v) is 3.62. The van der Waals surface area contributed by atoms with Crippen molar-refractivity contribution in [2.24, 2.45) is 0 Å². The van der Waals surface area contributed by atoms with E-state index in [1.807, 2.05) is 0 Å². The molecule has 4 nitrogen and oxygen atoms in total. The second kappa shape index (κ2) is 18.8. The predicted octanol–water partition coefficient (Wildman–Crippen LogP) is 7.03. The van der Waals surface area contributed by atoms with Crippen LogP contribution in [0.3, 0.4) is 0 Å². The molecule has 1 unspecified atom stereocenters. The second-order valence-electron chi connectivity index (χ2n) is 7.59. The number of halogens is 1. The Labute approximate surface area is 175 Å². The molecule has 5 heteroatoms. The van der Waals surface area contributed by atoms with Gasteiger partial charge in [0, 0.05) is 0 Å². The van der Waals surface area contributed by atoms with E-state index in [9.17, 15) is 9.59 Å². The number of carboxylic acids is 1. The van der Waals surface area contributed by atoms with E-state index in [0.29, 0.717) is 6.42 Å². The highest BCUT2D eigenvalue weighted by molar-refractivity contribution is 9.10. The van der Waals surface area contributed by atoms with Crippen molar-refractivity contribution in [1.29, 1.82) is 0 Å². The molecule has 0 aromatic heterocycles. The summed E-state index contributed by atoms with van der Waals surface area (Å²) in [4.78, 5) is 22.9. The lowest BCUT2D eigenvalue weighted by atomic mass is 10.0. The van der Waals surface area contributed by atoms with Crippen molar-refractivity contribution < 1.29 is 19.4 Å². The summed E-state index contributed by atoms with van der Waals surface area (Å²) in [7, 11) is 0. The number of carbonyl (C=O) groups excluding carboxylic acids is 1. The maximum absolute atomic E-state index is 12.2. The molecule has 0 aromatic carbocycles. The van der Waals surface area contributed by atoms with Crippen LogP contribution in [0.4, 0.5) is 0 Å².